The van der Waals surface area contributed by atoms with Crippen molar-refractivity contribution in [2.75, 3.05) is 16.4 Å². The molecule has 4 aromatic rings. The first kappa shape index (κ1) is 20.6. The number of carbonyl (C=O) groups is 1. The number of benzene rings is 4. The van der Waals surface area contributed by atoms with Crippen LogP contribution < -0.4 is 20.6 Å². The maximum Gasteiger partial charge on any atom is 0.326 e. The third-order valence-electron chi connectivity index (χ3n) is 5.63. The van der Waals surface area contributed by atoms with E-state index in [9.17, 15) is 4.79 Å². The fourth-order valence-electron chi connectivity index (χ4n) is 3.88. The maximum atomic E-state index is 13.5. The number of urea groups is 1. The van der Waals surface area contributed by atoms with E-state index in [1.807, 2.05) is 77.7 Å². The minimum absolute atomic E-state index is 0.122. The number of carbonyl (C=O) groups excluding carboxylic acids is 1. The molecule has 2 amide bonds. The van der Waals surface area contributed by atoms with Crippen molar-refractivity contribution in [2.45, 2.75) is 6.55 Å². The van der Waals surface area contributed by atoms with Gasteiger partial charge in [0.1, 0.15) is 8.07 Å². The molecule has 0 atom stereocenters. The molecule has 3 nitrogen and oxygen atoms in total. The topological polar surface area (TPSA) is 32.3 Å². The van der Waals surface area contributed by atoms with Crippen LogP contribution in [0.5, 0.6) is 0 Å². The molecule has 0 aliphatic rings. The number of nitrogens with zero attached hydrogens (tertiary/aromatic N) is 1. The van der Waals surface area contributed by atoms with Crippen molar-refractivity contribution >= 4 is 35.9 Å². The summed E-state index contributed by atoms with van der Waals surface area (Å²) in [6.07, 6.45) is 0.629. The lowest BCUT2D eigenvalue weighted by Gasteiger charge is -2.35. The first-order chi connectivity index (χ1) is 15.2. The second-order valence-corrected chi connectivity index (χ2v) is 11.9. The van der Waals surface area contributed by atoms with E-state index < -0.39 is 8.07 Å². The van der Waals surface area contributed by atoms with E-state index in [0.29, 0.717) is 6.17 Å². The summed E-state index contributed by atoms with van der Waals surface area (Å²) in [5, 5.41) is 5.68. The summed E-state index contributed by atoms with van der Waals surface area (Å²) in [6.45, 7) is 2.34. The summed E-state index contributed by atoms with van der Waals surface area (Å²) < 4.78 is 0. The zero-order chi connectivity index (χ0) is 21.5. The van der Waals surface area contributed by atoms with E-state index in [0.717, 1.165) is 11.4 Å². The lowest BCUT2D eigenvalue weighted by atomic mass is 10.3. The lowest BCUT2D eigenvalue weighted by molar-refractivity contribution is 0.257. The smallest absolute Gasteiger partial charge is 0.308 e. The molecular formula is C27H26N2OSi. The van der Waals surface area contributed by atoms with Gasteiger partial charge in [0.05, 0.1) is 0 Å². The van der Waals surface area contributed by atoms with Crippen molar-refractivity contribution in [2.24, 2.45) is 0 Å². The molecule has 0 heterocycles. The Balaban J connectivity index is 1.75. The van der Waals surface area contributed by atoms with Crippen LogP contribution in [-0.2, 0) is 0 Å². The van der Waals surface area contributed by atoms with Crippen LogP contribution in [0.1, 0.15) is 0 Å². The van der Waals surface area contributed by atoms with E-state index in [-0.39, 0.29) is 6.03 Å². The molecule has 154 valence electrons. The van der Waals surface area contributed by atoms with Gasteiger partial charge in [0.25, 0.3) is 0 Å². The average molecular weight is 423 g/mol. The van der Waals surface area contributed by atoms with Gasteiger partial charge in [0.15, 0.2) is 0 Å². The van der Waals surface area contributed by atoms with Crippen LogP contribution in [0.2, 0.25) is 6.55 Å². The van der Waals surface area contributed by atoms with Crippen LogP contribution in [0.25, 0.3) is 0 Å². The monoisotopic (exact) mass is 422 g/mol. The van der Waals surface area contributed by atoms with Gasteiger partial charge in [0.2, 0.25) is 0 Å². The minimum atomic E-state index is -2.26. The highest BCUT2D eigenvalue weighted by molar-refractivity contribution is 7.02. The van der Waals surface area contributed by atoms with Crippen molar-refractivity contribution in [1.29, 1.82) is 0 Å². The van der Waals surface area contributed by atoms with Crippen LogP contribution >= 0.6 is 0 Å². The predicted molar refractivity (Wildman–Crippen MR) is 133 cm³/mol. The van der Waals surface area contributed by atoms with Gasteiger partial charge in [-0.25, -0.2) is 4.79 Å². The number of hydrogen-bond acceptors (Lipinski definition) is 1. The number of para-hydroxylation sites is 2. The van der Waals surface area contributed by atoms with Crippen LogP contribution in [0, 0.1) is 0 Å². The number of anilines is 2. The standard InChI is InChI=1S/C27H26N2OSi/c1-31(25-18-10-4-11-19-25,26-20-12-5-13-21-26)22-29(24-16-8-3-9-17-24)27(30)28-23-14-6-2-7-15-23/h2-21H,22H2,1H3,(H,28,30). The van der Waals surface area contributed by atoms with Crippen molar-refractivity contribution < 1.29 is 4.79 Å². The first-order valence-electron chi connectivity index (χ1n) is 10.5. The van der Waals surface area contributed by atoms with Gasteiger partial charge in [-0.1, -0.05) is 114 Å². The minimum Gasteiger partial charge on any atom is -0.308 e. The molecule has 0 fully saturated rings. The Morgan fingerprint density at radius 2 is 1.10 bits per heavy atom. The number of hydrogen-bond donors (Lipinski definition) is 1. The molecule has 0 aliphatic carbocycles. The van der Waals surface area contributed by atoms with E-state index in [2.05, 4.69) is 60.4 Å². The van der Waals surface area contributed by atoms with E-state index in [1.165, 1.54) is 10.4 Å². The van der Waals surface area contributed by atoms with Crippen molar-refractivity contribution in [3.05, 3.63) is 121 Å². The lowest BCUT2D eigenvalue weighted by Crippen LogP contribution is -2.64. The quantitative estimate of drug-likeness (QED) is 0.428. The Hall–Kier alpha value is -3.63. The van der Waals surface area contributed by atoms with Crippen molar-refractivity contribution in [3.8, 4) is 0 Å². The molecule has 0 aromatic heterocycles. The zero-order valence-corrected chi connectivity index (χ0v) is 18.6. The Labute approximate surface area is 185 Å². The second kappa shape index (κ2) is 9.45. The van der Waals surface area contributed by atoms with Gasteiger partial charge in [-0.3, -0.25) is 4.90 Å². The average Bonchev–Trinajstić information content (AvgIpc) is 2.84. The van der Waals surface area contributed by atoms with Crippen molar-refractivity contribution in [1.82, 2.24) is 0 Å². The zero-order valence-electron chi connectivity index (χ0n) is 17.6. The Morgan fingerprint density at radius 3 is 1.58 bits per heavy atom. The first-order valence-corrected chi connectivity index (χ1v) is 13.2. The molecule has 0 saturated heterocycles. The van der Waals surface area contributed by atoms with Crippen LogP contribution in [-0.4, -0.2) is 20.3 Å². The van der Waals surface area contributed by atoms with Crippen LogP contribution in [0.3, 0.4) is 0 Å². The van der Waals surface area contributed by atoms with Crippen molar-refractivity contribution in [3.63, 3.8) is 0 Å². The van der Waals surface area contributed by atoms with Gasteiger partial charge < -0.3 is 5.32 Å². The van der Waals surface area contributed by atoms with Crippen LogP contribution in [0.15, 0.2) is 121 Å². The third-order valence-corrected chi connectivity index (χ3v) is 9.80. The number of rotatable bonds is 6. The molecule has 0 spiro atoms. The molecule has 0 bridgehead atoms. The van der Waals surface area contributed by atoms with E-state index >= 15 is 0 Å². The maximum absolute atomic E-state index is 13.5. The van der Waals surface area contributed by atoms with Gasteiger partial charge in [0, 0.05) is 17.5 Å². The summed E-state index contributed by atoms with van der Waals surface area (Å²) in [4.78, 5) is 15.4. The van der Waals surface area contributed by atoms with Gasteiger partial charge in [-0.05, 0) is 24.3 Å². The molecule has 1 N–H and O–H groups in total. The fourth-order valence-corrected chi connectivity index (χ4v) is 7.39. The Kier molecular flexibility index (Phi) is 6.29. The Bertz CT molecular complexity index is 1060. The molecule has 31 heavy (non-hydrogen) atoms. The van der Waals surface area contributed by atoms with Gasteiger partial charge in [-0.2, -0.15) is 0 Å². The molecule has 0 unspecified atom stereocenters. The third kappa shape index (κ3) is 4.76. The molecule has 0 saturated carbocycles. The molecule has 0 aliphatic heterocycles. The summed E-state index contributed by atoms with van der Waals surface area (Å²) in [5.74, 6) is 0. The molecule has 4 aromatic carbocycles. The molecular weight excluding hydrogens is 396 g/mol. The fraction of sp³-hybridized carbons (Fsp3) is 0.0741. The van der Waals surface area contributed by atoms with Crippen LogP contribution in [0.4, 0.5) is 16.2 Å². The predicted octanol–water partition coefficient (Wildman–Crippen LogP) is 5.16. The van der Waals surface area contributed by atoms with E-state index in [1.54, 1.807) is 0 Å². The molecule has 4 heteroatoms. The summed E-state index contributed by atoms with van der Waals surface area (Å²) in [6, 6.07) is 40.6. The second-order valence-electron chi connectivity index (χ2n) is 7.78. The summed E-state index contributed by atoms with van der Waals surface area (Å²) >= 11 is 0. The van der Waals surface area contributed by atoms with Gasteiger partial charge >= 0.3 is 6.03 Å². The number of nitrogens with one attached hydrogen (secondary N) is 1. The Morgan fingerprint density at radius 1 is 0.677 bits per heavy atom. The normalized spacial score (nSPS) is 11.0. The highest BCUT2D eigenvalue weighted by atomic mass is 28.3. The van der Waals surface area contributed by atoms with E-state index in [4.69, 9.17) is 0 Å². The SMILES string of the molecule is C[Si](CN(C(=O)Nc1ccccc1)c1ccccc1)(c1ccccc1)c1ccccc1. The number of amides is 2. The summed E-state index contributed by atoms with van der Waals surface area (Å²) in [5.41, 5.74) is 1.68. The molecule has 0 radical (unpaired) electrons. The largest absolute Gasteiger partial charge is 0.326 e. The van der Waals surface area contributed by atoms with Gasteiger partial charge in [-0.15, -0.1) is 0 Å². The highest BCUT2D eigenvalue weighted by Crippen LogP contribution is 2.19. The molecule has 4 rings (SSSR count). The summed E-state index contributed by atoms with van der Waals surface area (Å²) in [7, 11) is -2.26. The highest BCUT2D eigenvalue weighted by Gasteiger charge is 2.36.